The molecule has 20 heavy (non-hydrogen) atoms. The molecular formula is C17H25NO2. The number of hydrogen-bond acceptors (Lipinski definition) is 3. The third kappa shape index (κ3) is 2.51. The van der Waals surface area contributed by atoms with E-state index >= 15 is 0 Å². The van der Waals surface area contributed by atoms with Gasteiger partial charge < -0.3 is 14.8 Å². The Kier molecular flexibility index (Phi) is 3.88. The molecule has 1 unspecified atom stereocenters. The van der Waals surface area contributed by atoms with Crippen LogP contribution in [0.5, 0.6) is 11.5 Å². The van der Waals surface area contributed by atoms with Gasteiger partial charge in [0.1, 0.15) is 17.1 Å². The van der Waals surface area contributed by atoms with Gasteiger partial charge in [-0.1, -0.05) is 18.9 Å². The Labute approximate surface area is 121 Å². The molecule has 3 heteroatoms. The average Bonchev–Trinajstić information content (AvgIpc) is 2.71. The summed E-state index contributed by atoms with van der Waals surface area (Å²) < 4.78 is 11.8. The van der Waals surface area contributed by atoms with Gasteiger partial charge >= 0.3 is 0 Å². The van der Waals surface area contributed by atoms with Gasteiger partial charge in [-0.3, -0.25) is 0 Å². The molecular weight excluding hydrogens is 250 g/mol. The molecule has 1 aromatic rings. The van der Waals surface area contributed by atoms with Crippen molar-refractivity contribution in [2.45, 2.75) is 56.6 Å². The van der Waals surface area contributed by atoms with Crippen molar-refractivity contribution < 1.29 is 9.47 Å². The van der Waals surface area contributed by atoms with E-state index in [0.29, 0.717) is 6.04 Å². The summed E-state index contributed by atoms with van der Waals surface area (Å²) >= 11 is 0. The predicted molar refractivity (Wildman–Crippen MR) is 80.5 cm³/mol. The highest BCUT2D eigenvalue weighted by Crippen LogP contribution is 2.46. The Hall–Kier alpha value is -1.22. The van der Waals surface area contributed by atoms with Gasteiger partial charge in [0.2, 0.25) is 0 Å². The first-order valence-corrected chi connectivity index (χ1v) is 7.80. The Morgan fingerprint density at radius 1 is 1.20 bits per heavy atom. The molecule has 1 saturated carbocycles. The zero-order valence-electron chi connectivity index (χ0n) is 12.6. The van der Waals surface area contributed by atoms with Crippen LogP contribution in [0.25, 0.3) is 0 Å². The van der Waals surface area contributed by atoms with E-state index in [0.717, 1.165) is 17.9 Å². The molecule has 1 N–H and O–H groups in total. The van der Waals surface area contributed by atoms with Gasteiger partial charge in [0.15, 0.2) is 0 Å². The number of rotatable bonds is 2. The second-order valence-electron chi connectivity index (χ2n) is 6.15. The molecule has 2 aliphatic rings. The molecule has 1 heterocycles. The normalized spacial score (nSPS) is 24.6. The van der Waals surface area contributed by atoms with Crippen LogP contribution in [-0.4, -0.2) is 19.8 Å². The fraction of sp³-hybridized carbons (Fsp3) is 0.647. The molecule has 1 aliphatic carbocycles. The van der Waals surface area contributed by atoms with Crippen molar-refractivity contribution in [3.63, 3.8) is 0 Å². The molecule has 0 radical (unpaired) electrons. The first-order chi connectivity index (χ1) is 9.76. The van der Waals surface area contributed by atoms with Crippen molar-refractivity contribution in [1.82, 2.24) is 5.32 Å². The number of methoxy groups -OCH3 is 1. The lowest BCUT2D eigenvalue weighted by molar-refractivity contribution is 0.0169. The summed E-state index contributed by atoms with van der Waals surface area (Å²) in [6.45, 7) is 0. The van der Waals surface area contributed by atoms with E-state index in [9.17, 15) is 0 Å². The lowest BCUT2D eigenvalue weighted by atomic mass is 9.82. The third-order valence-corrected chi connectivity index (χ3v) is 4.86. The van der Waals surface area contributed by atoms with Gasteiger partial charge in [-0.2, -0.15) is 0 Å². The van der Waals surface area contributed by atoms with Crippen LogP contribution in [0.2, 0.25) is 0 Å². The lowest BCUT2D eigenvalue weighted by Gasteiger charge is -2.42. The number of ether oxygens (including phenoxy) is 2. The van der Waals surface area contributed by atoms with Gasteiger partial charge in [-0.25, -0.2) is 0 Å². The minimum atomic E-state index is 0.0313. The van der Waals surface area contributed by atoms with E-state index in [2.05, 4.69) is 18.4 Å². The number of benzene rings is 1. The van der Waals surface area contributed by atoms with Crippen LogP contribution in [0, 0.1) is 0 Å². The van der Waals surface area contributed by atoms with E-state index < -0.39 is 0 Å². The summed E-state index contributed by atoms with van der Waals surface area (Å²) in [6, 6.07) is 6.60. The maximum absolute atomic E-state index is 6.49. The molecule has 0 amide bonds. The van der Waals surface area contributed by atoms with Crippen LogP contribution in [0.1, 0.15) is 56.6 Å². The second kappa shape index (κ2) is 5.65. The molecule has 0 aromatic heterocycles. The van der Waals surface area contributed by atoms with Crippen molar-refractivity contribution in [3.05, 3.63) is 23.8 Å². The largest absolute Gasteiger partial charge is 0.497 e. The van der Waals surface area contributed by atoms with Crippen LogP contribution < -0.4 is 14.8 Å². The maximum Gasteiger partial charge on any atom is 0.128 e. The van der Waals surface area contributed by atoms with Crippen LogP contribution >= 0.6 is 0 Å². The molecule has 3 nitrogen and oxygen atoms in total. The molecule has 1 aliphatic heterocycles. The minimum Gasteiger partial charge on any atom is -0.497 e. The summed E-state index contributed by atoms with van der Waals surface area (Å²) in [5, 5.41) is 3.47. The summed E-state index contributed by atoms with van der Waals surface area (Å²) in [7, 11) is 3.76. The standard InChI is InChI=1S/C17H25NO2/c1-18-15-12-17(9-5-3-4-6-10-17)20-16-11-13(19-2)7-8-14(15)16/h7-8,11,15,18H,3-6,9-10,12H2,1-2H3. The second-order valence-corrected chi connectivity index (χ2v) is 6.15. The third-order valence-electron chi connectivity index (χ3n) is 4.86. The Balaban J connectivity index is 1.94. The van der Waals surface area contributed by atoms with Crippen molar-refractivity contribution in [2.24, 2.45) is 0 Å². The quantitative estimate of drug-likeness (QED) is 0.889. The summed E-state index contributed by atoms with van der Waals surface area (Å²) in [6.07, 6.45) is 8.72. The molecule has 1 atom stereocenters. The van der Waals surface area contributed by atoms with Crippen molar-refractivity contribution >= 4 is 0 Å². The summed E-state index contributed by atoms with van der Waals surface area (Å²) in [5.74, 6) is 1.89. The van der Waals surface area contributed by atoms with E-state index in [1.807, 2.05) is 12.1 Å². The number of fused-ring (bicyclic) bond motifs is 1. The van der Waals surface area contributed by atoms with E-state index in [-0.39, 0.29) is 5.60 Å². The Bertz CT molecular complexity index is 464. The van der Waals surface area contributed by atoms with E-state index in [1.165, 1.54) is 44.1 Å². The number of nitrogens with one attached hydrogen (secondary N) is 1. The average molecular weight is 275 g/mol. The van der Waals surface area contributed by atoms with Gasteiger partial charge in [0.25, 0.3) is 0 Å². The van der Waals surface area contributed by atoms with E-state index in [1.54, 1.807) is 7.11 Å². The van der Waals surface area contributed by atoms with Crippen LogP contribution in [-0.2, 0) is 0 Å². The zero-order chi connectivity index (χ0) is 14.0. The van der Waals surface area contributed by atoms with Gasteiger partial charge in [0, 0.05) is 24.1 Å². The molecule has 0 bridgehead atoms. The van der Waals surface area contributed by atoms with Crippen molar-refractivity contribution in [3.8, 4) is 11.5 Å². The van der Waals surface area contributed by atoms with E-state index in [4.69, 9.17) is 9.47 Å². The monoisotopic (exact) mass is 275 g/mol. The number of hydrogen-bond donors (Lipinski definition) is 1. The highest BCUT2D eigenvalue weighted by molar-refractivity contribution is 5.44. The van der Waals surface area contributed by atoms with Gasteiger partial charge in [0.05, 0.1) is 7.11 Å². The summed E-state index contributed by atoms with van der Waals surface area (Å²) in [4.78, 5) is 0. The Morgan fingerprint density at radius 3 is 2.60 bits per heavy atom. The smallest absolute Gasteiger partial charge is 0.128 e. The fourth-order valence-corrected chi connectivity index (χ4v) is 3.71. The summed E-state index contributed by atoms with van der Waals surface area (Å²) in [5.41, 5.74) is 1.30. The molecule has 3 rings (SSSR count). The van der Waals surface area contributed by atoms with Crippen molar-refractivity contribution in [1.29, 1.82) is 0 Å². The molecule has 1 aromatic carbocycles. The Morgan fingerprint density at radius 2 is 1.95 bits per heavy atom. The van der Waals surface area contributed by atoms with Crippen LogP contribution in [0.4, 0.5) is 0 Å². The maximum atomic E-state index is 6.49. The minimum absolute atomic E-state index is 0.0313. The highest BCUT2D eigenvalue weighted by atomic mass is 16.5. The van der Waals surface area contributed by atoms with Crippen LogP contribution in [0.15, 0.2) is 18.2 Å². The lowest BCUT2D eigenvalue weighted by Crippen LogP contribution is -2.43. The predicted octanol–water partition coefficient (Wildman–Crippen LogP) is 3.83. The molecule has 1 spiro atoms. The fourth-order valence-electron chi connectivity index (χ4n) is 3.71. The van der Waals surface area contributed by atoms with Crippen LogP contribution in [0.3, 0.4) is 0 Å². The first-order valence-electron chi connectivity index (χ1n) is 7.80. The molecule has 1 fully saturated rings. The van der Waals surface area contributed by atoms with Gasteiger partial charge in [-0.15, -0.1) is 0 Å². The first kappa shape index (κ1) is 13.7. The zero-order valence-corrected chi connectivity index (χ0v) is 12.6. The van der Waals surface area contributed by atoms with Gasteiger partial charge in [-0.05, 0) is 38.8 Å². The van der Waals surface area contributed by atoms with Crippen molar-refractivity contribution in [2.75, 3.05) is 14.2 Å². The topological polar surface area (TPSA) is 30.5 Å². The highest BCUT2D eigenvalue weighted by Gasteiger charge is 2.40. The molecule has 0 saturated heterocycles. The SMILES string of the molecule is CNC1CC2(CCCCCC2)Oc2cc(OC)ccc21. The molecule has 110 valence electrons.